The summed E-state index contributed by atoms with van der Waals surface area (Å²) in [6, 6.07) is 0. The minimum atomic E-state index is 0. The fourth-order valence-corrected chi connectivity index (χ4v) is 0. The summed E-state index contributed by atoms with van der Waals surface area (Å²) in [5, 5.41) is 0. The van der Waals surface area contributed by atoms with E-state index in [1.54, 1.807) is 0 Å². The summed E-state index contributed by atoms with van der Waals surface area (Å²) < 4.78 is 0.250. The minimum absolute atomic E-state index is 0. The Morgan fingerprint density at radius 1 is 0.667 bits per heavy atom. The Kier molecular flexibility index (Phi) is 38.4. The van der Waals surface area contributed by atoms with Crippen molar-refractivity contribution in [1.82, 2.24) is 0 Å². The van der Waals surface area contributed by atoms with Crippen LogP contribution in [0, 0.1) is 13.8 Å². The first-order valence-electron chi connectivity index (χ1n) is 7.94. The smallest absolute Gasteiger partial charge is 0.786 e. The van der Waals surface area contributed by atoms with Crippen molar-refractivity contribution in [1.29, 1.82) is 0 Å². The van der Waals surface area contributed by atoms with E-state index in [9.17, 15) is 0 Å². The van der Waals surface area contributed by atoms with Gasteiger partial charge in [0.2, 0.25) is 0 Å². The number of hydrogen-bond acceptors (Lipinski definition) is 2. The van der Waals surface area contributed by atoms with E-state index in [-0.39, 0.29) is 33.4 Å². The summed E-state index contributed by atoms with van der Waals surface area (Å²) in [6.07, 6.45) is 6.73. The Balaban J connectivity index is -0.0000000544. The number of hydrogen-bond donors (Lipinski definition) is 0. The Morgan fingerprint density at radius 3 is 0.762 bits per heavy atom. The molecule has 0 aromatic heterocycles. The van der Waals surface area contributed by atoms with E-state index in [4.69, 9.17) is 25.3 Å². The van der Waals surface area contributed by atoms with E-state index in [1.165, 1.54) is 12.8 Å². The molecule has 0 bridgehead atoms. The van der Waals surface area contributed by atoms with Gasteiger partial charge in [-0.1, -0.05) is 108 Å². The van der Waals surface area contributed by atoms with Gasteiger partial charge in [0.1, 0.15) is 0 Å². The first-order valence-corrected chi connectivity index (χ1v) is 8.76. The van der Waals surface area contributed by atoms with Crippen LogP contribution in [0.5, 0.6) is 0 Å². The third-order valence-corrected chi connectivity index (χ3v) is 2.99. The third kappa shape index (κ3) is 90.6. The second-order valence-corrected chi connectivity index (χ2v) is 8.14. The minimum Gasteiger partial charge on any atom is -0.786 e. The number of rotatable bonds is 4. The van der Waals surface area contributed by atoms with Crippen LogP contribution < -0.4 is 0 Å². The van der Waals surface area contributed by atoms with E-state index < -0.39 is 0 Å². The maximum atomic E-state index is 4.99. The van der Waals surface area contributed by atoms with Crippen LogP contribution in [0.2, 0.25) is 0 Å². The zero-order chi connectivity index (χ0) is 17.2. The fourth-order valence-electron chi connectivity index (χ4n) is 0. The van der Waals surface area contributed by atoms with Crippen LogP contribution in [0.3, 0.4) is 0 Å². The van der Waals surface area contributed by atoms with Crippen molar-refractivity contribution in [2.45, 2.75) is 103 Å². The first kappa shape index (κ1) is 34.0. The molecule has 0 atom stereocenters. The van der Waals surface area contributed by atoms with Crippen LogP contribution in [-0.2, 0) is 25.3 Å². The molecule has 0 saturated heterocycles. The fraction of sp³-hybridized carbons (Fsp3) is 0.889. The molecule has 0 saturated carbocycles. The molecule has 0 aliphatic rings. The van der Waals surface area contributed by atoms with E-state index >= 15 is 0 Å². The molecular weight excluding hydrogens is 399 g/mol. The van der Waals surface area contributed by atoms with Gasteiger partial charge in [-0.05, 0) is 0 Å². The van der Waals surface area contributed by atoms with Gasteiger partial charge in [-0.2, -0.15) is 9.49 Å². The summed E-state index contributed by atoms with van der Waals surface area (Å²) in [7, 11) is 0. The topological polar surface area (TPSA) is 0 Å². The largest absolute Gasteiger partial charge is 2.00 e. The van der Waals surface area contributed by atoms with E-state index in [1.807, 2.05) is 0 Å². The summed E-state index contributed by atoms with van der Waals surface area (Å²) in [4.78, 5) is 0. The van der Waals surface area contributed by atoms with E-state index in [0.29, 0.717) is 0 Å². The Morgan fingerprint density at radius 2 is 0.762 bits per heavy atom. The summed E-state index contributed by atoms with van der Waals surface area (Å²) in [5.41, 5.74) is 0. The molecule has 0 fully saturated rings. The third-order valence-electron chi connectivity index (χ3n) is 2.41. The molecule has 0 nitrogen and oxygen atoms in total. The molecule has 0 amide bonds. The Bertz CT molecular complexity index is 124. The van der Waals surface area contributed by atoms with Gasteiger partial charge in [-0.15, -0.1) is 0 Å². The molecule has 0 aromatic rings. The normalized spacial score (nSPS) is 9.71. The van der Waals surface area contributed by atoms with Crippen molar-refractivity contribution in [3.8, 4) is 0 Å². The van der Waals surface area contributed by atoms with Gasteiger partial charge in [0.15, 0.2) is 0 Å². The zero-order valence-corrected chi connectivity index (χ0v) is 20.5. The molecule has 0 unspecified atom stereocenters. The van der Waals surface area contributed by atoms with Crippen molar-refractivity contribution in [3.63, 3.8) is 0 Å². The molecule has 0 heterocycles. The van der Waals surface area contributed by atoms with E-state index in [0.717, 1.165) is 25.7 Å². The quantitative estimate of drug-likeness (QED) is 0.372. The summed E-state index contributed by atoms with van der Waals surface area (Å²) >= 11 is 9.97. The monoisotopic (exact) mass is 440 g/mol. The van der Waals surface area contributed by atoms with Crippen LogP contribution in [-0.4, -0.2) is 33.4 Å². The SMILES string of the molecule is CCC(C)(C)[S-].CCC(C)(C)[S-].[CH2]CCC.[CH2]CCC.[Sn+2]. The molecule has 0 N–H and O–H groups in total. The predicted molar refractivity (Wildman–Crippen MR) is 110 cm³/mol. The van der Waals surface area contributed by atoms with Gasteiger partial charge in [-0.25, -0.2) is 0 Å². The number of unbranched alkanes of at least 4 members (excludes halogenated alkanes) is 2. The average molecular weight is 439 g/mol. The van der Waals surface area contributed by atoms with Crippen molar-refractivity contribution in [2.24, 2.45) is 0 Å². The van der Waals surface area contributed by atoms with Crippen LogP contribution in [0.1, 0.15) is 93.9 Å². The molecule has 0 rings (SSSR count). The van der Waals surface area contributed by atoms with Crippen molar-refractivity contribution >= 4 is 49.2 Å². The molecule has 0 spiro atoms. The molecule has 3 heteroatoms. The van der Waals surface area contributed by atoms with Gasteiger partial charge >= 0.3 is 23.9 Å². The molecule has 0 aliphatic carbocycles. The summed E-state index contributed by atoms with van der Waals surface area (Å²) in [6.45, 7) is 23.9. The second kappa shape index (κ2) is 23.8. The molecule has 4 radical (unpaired) electrons. The van der Waals surface area contributed by atoms with Gasteiger partial charge < -0.3 is 25.3 Å². The average Bonchev–Trinajstić information content (AvgIpc) is 2.38. The van der Waals surface area contributed by atoms with Crippen molar-refractivity contribution in [3.05, 3.63) is 13.8 Å². The maximum absolute atomic E-state index is 4.99. The van der Waals surface area contributed by atoms with Gasteiger partial charge in [0.25, 0.3) is 0 Å². The first-order chi connectivity index (χ1) is 8.95. The molecule has 0 aliphatic heterocycles. The van der Waals surface area contributed by atoms with E-state index in [2.05, 4.69) is 69.2 Å². The molecule has 21 heavy (non-hydrogen) atoms. The molecular formula is C18H40S2Sn. The van der Waals surface area contributed by atoms with Crippen LogP contribution >= 0.6 is 0 Å². The van der Waals surface area contributed by atoms with Gasteiger partial charge in [0.05, 0.1) is 0 Å². The van der Waals surface area contributed by atoms with Crippen molar-refractivity contribution in [2.75, 3.05) is 0 Å². The van der Waals surface area contributed by atoms with Crippen LogP contribution in [0.4, 0.5) is 0 Å². The molecule has 0 aromatic carbocycles. The second-order valence-electron chi connectivity index (χ2n) is 5.93. The summed E-state index contributed by atoms with van der Waals surface area (Å²) in [5.74, 6) is 0. The standard InChI is InChI=1S/2C5H12S.2C4H9.Sn/c2*1-4-5(2,3)6;2*1-3-4-2;/h2*6H,4H2,1-3H3;2*1,3-4H2,2H3;/q;;;;+2/p-2. The maximum Gasteiger partial charge on any atom is 2.00 e. The van der Waals surface area contributed by atoms with Crippen molar-refractivity contribution < 1.29 is 0 Å². The molecule has 128 valence electrons. The predicted octanol–water partition coefficient (Wildman–Crippen LogP) is 6.30. The van der Waals surface area contributed by atoms with Crippen LogP contribution in [0.15, 0.2) is 0 Å². The Labute approximate surface area is 165 Å². The van der Waals surface area contributed by atoms with Crippen LogP contribution in [0.25, 0.3) is 0 Å². The van der Waals surface area contributed by atoms with Gasteiger partial charge in [0, 0.05) is 0 Å². The van der Waals surface area contributed by atoms with Gasteiger partial charge in [-0.3, -0.25) is 0 Å². The zero-order valence-electron chi connectivity index (χ0n) is 16.0. The Hall–Kier alpha value is 1.50.